The molecule has 2 aromatic heterocycles. The van der Waals surface area contributed by atoms with Crippen LogP contribution in [-0.2, 0) is 10.0 Å². The van der Waals surface area contributed by atoms with Gasteiger partial charge in [0.15, 0.2) is 5.11 Å². The zero-order chi connectivity index (χ0) is 25.3. The second-order valence-electron chi connectivity index (χ2n) is 8.32. The van der Waals surface area contributed by atoms with Gasteiger partial charge >= 0.3 is 0 Å². The van der Waals surface area contributed by atoms with E-state index in [1.807, 2.05) is 65.6 Å². The van der Waals surface area contributed by atoms with Crippen molar-refractivity contribution in [1.82, 2.24) is 10.3 Å². The van der Waals surface area contributed by atoms with E-state index in [0.717, 1.165) is 23.3 Å². The highest BCUT2D eigenvalue weighted by molar-refractivity contribution is 7.92. The van der Waals surface area contributed by atoms with Crippen molar-refractivity contribution in [1.29, 1.82) is 0 Å². The maximum absolute atomic E-state index is 11.8. The first-order chi connectivity index (χ1) is 17.3. The predicted octanol–water partition coefficient (Wildman–Crippen LogP) is 4.90. The molecular weight excluding hydrogens is 496 g/mol. The summed E-state index contributed by atoms with van der Waals surface area (Å²) in [4.78, 5) is 6.50. The first kappa shape index (κ1) is 23.8. The van der Waals surface area contributed by atoms with Crippen LogP contribution in [0, 0.1) is 0 Å². The zero-order valence-electron chi connectivity index (χ0n) is 19.6. The van der Waals surface area contributed by atoms with Gasteiger partial charge in [-0.2, -0.15) is 0 Å². The fourth-order valence-electron chi connectivity index (χ4n) is 4.31. The molecule has 1 aliphatic rings. The Labute approximate surface area is 215 Å². The van der Waals surface area contributed by atoms with E-state index in [-0.39, 0.29) is 12.1 Å². The molecule has 2 N–H and O–H groups in total. The topological polar surface area (TPSA) is 96.7 Å². The average Bonchev–Trinajstić information content (AvgIpc) is 3.49. The van der Waals surface area contributed by atoms with E-state index in [0.29, 0.717) is 28.0 Å². The minimum Gasteiger partial charge on any atom is -0.494 e. The number of sulfonamides is 1. The Morgan fingerprint density at radius 1 is 1.06 bits per heavy atom. The Morgan fingerprint density at radius 2 is 1.83 bits per heavy atom. The van der Waals surface area contributed by atoms with Crippen LogP contribution in [0.5, 0.6) is 5.75 Å². The van der Waals surface area contributed by atoms with Crippen molar-refractivity contribution < 1.29 is 17.6 Å². The van der Waals surface area contributed by atoms with Crippen LogP contribution in [0.1, 0.15) is 23.5 Å². The molecule has 0 amide bonds. The number of aromatic nitrogens is 1. The molecule has 4 aromatic rings. The van der Waals surface area contributed by atoms with Gasteiger partial charge in [-0.15, -0.1) is 0 Å². The number of furan rings is 1. The van der Waals surface area contributed by atoms with Gasteiger partial charge in [0.05, 0.1) is 30.8 Å². The normalized spacial score (nSPS) is 17.6. The van der Waals surface area contributed by atoms with Crippen molar-refractivity contribution >= 4 is 38.7 Å². The molecule has 1 aliphatic heterocycles. The second kappa shape index (κ2) is 9.63. The number of rotatable bonds is 7. The molecule has 10 heteroatoms. The fourth-order valence-corrected chi connectivity index (χ4v) is 5.22. The predicted molar refractivity (Wildman–Crippen MR) is 144 cm³/mol. The number of nitrogens with one attached hydrogen (secondary N) is 2. The molecule has 1 fully saturated rings. The van der Waals surface area contributed by atoms with E-state index in [2.05, 4.69) is 15.0 Å². The van der Waals surface area contributed by atoms with Gasteiger partial charge in [-0.05, 0) is 48.6 Å². The first-order valence-corrected chi connectivity index (χ1v) is 13.5. The van der Waals surface area contributed by atoms with Crippen LogP contribution in [-0.4, -0.2) is 31.9 Å². The number of nitrogens with zero attached hydrogens (tertiary/aromatic N) is 2. The fraction of sp³-hybridized carbons (Fsp3) is 0.154. The third kappa shape index (κ3) is 4.77. The SMILES string of the molecule is COc1cc(N2C(=S)N[C@@H](c3ccccn3)[C@@H]2c2ccc(-c3ccccc3)o2)ccc1NS(C)(=O)=O. The number of ether oxygens (including phenoxy) is 1. The van der Waals surface area contributed by atoms with Crippen LogP contribution >= 0.6 is 12.2 Å². The molecule has 8 nitrogen and oxygen atoms in total. The summed E-state index contributed by atoms with van der Waals surface area (Å²) in [6.45, 7) is 0. The Kier molecular flexibility index (Phi) is 6.38. The third-order valence-electron chi connectivity index (χ3n) is 5.83. The van der Waals surface area contributed by atoms with Crippen molar-refractivity contribution in [2.75, 3.05) is 23.0 Å². The zero-order valence-corrected chi connectivity index (χ0v) is 21.2. The molecule has 2 aromatic carbocycles. The lowest BCUT2D eigenvalue weighted by molar-refractivity contribution is 0.416. The Bertz CT molecular complexity index is 1490. The van der Waals surface area contributed by atoms with E-state index in [1.54, 1.807) is 24.4 Å². The van der Waals surface area contributed by atoms with Crippen molar-refractivity contribution in [2.24, 2.45) is 0 Å². The van der Waals surface area contributed by atoms with Gasteiger partial charge in [-0.25, -0.2) is 8.42 Å². The maximum atomic E-state index is 11.8. The summed E-state index contributed by atoms with van der Waals surface area (Å²) in [5, 5.41) is 3.87. The molecule has 0 aliphatic carbocycles. The third-order valence-corrected chi connectivity index (χ3v) is 6.74. The van der Waals surface area contributed by atoms with Crippen LogP contribution in [0.2, 0.25) is 0 Å². The Hall–Kier alpha value is -3.89. The molecule has 5 rings (SSSR count). The number of hydrogen-bond acceptors (Lipinski definition) is 6. The van der Waals surface area contributed by atoms with Crippen LogP contribution in [0.25, 0.3) is 11.3 Å². The summed E-state index contributed by atoms with van der Waals surface area (Å²) in [6.07, 6.45) is 2.83. The van der Waals surface area contributed by atoms with Crippen molar-refractivity contribution in [2.45, 2.75) is 12.1 Å². The number of thiocarbonyl (C=S) groups is 1. The summed E-state index contributed by atoms with van der Waals surface area (Å²) in [7, 11) is -1.99. The molecule has 0 bridgehead atoms. The highest BCUT2D eigenvalue weighted by atomic mass is 32.2. The molecule has 0 unspecified atom stereocenters. The number of benzene rings is 2. The van der Waals surface area contributed by atoms with Crippen LogP contribution < -0.4 is 19.7 Å². The van der Waals surface area contributed by atoms with Crippen LogP contribution in [0.15, 0.2) is 89.5 Å². The summed E-state index contributed by atoms with van der Waals surface area (Å²) < 4.78 is 37.9. The van der Waals surface area contributed by atoms with Gasteiger partial charge < -0.3 is 19.4 Å². The summed E-state index contributed by atoms with van der Waals surface area (Å²) in [5.74, 6) is 1.81. The summed E-state index contributed by atoms with van der Waals surface area (Å²) in [6, 6.07) is 24.0. The van der Waals surface area contributed by atoms with Crippen molar-refractivity contribution in [3.05, 3.63) is 96.5 Å². The van der Waals surface area contributed by atoms with E-state index >= 15 is 0 Å². The monoisotopic (exact) mass is 520 g/mol. The summed E-state index contributed by atoms with van der Waals surface area (Å²) >= 11 is 5.77. The molecule has 0 radical (unpaired) electrons. The minimum atomic E-state index is -3.48. The molecule has 0 saturated carbocycles. The lowest BCUT2D eigenvalue weighted by Crippen LogP contribution is -2.29. The van der Waals surface area contributed by atoms with E-state index in [9.17, 15) is 8.42 Å². The van der Waals surface area contributed by atoms with Gasteiger partial charge in [0.25, 0.3) is 0 Å². The van der Waals surface area contributed by atoms with Crippen LogP contribution in [0.3, 0.4) is 0 Å². The number of anilines is 2. The highest BCUT2D eigenvalue weighted by Crippen LogP contribution is 2.44. The second-order valence-corrected chi connectivity index (χ2v) is 10.5. The highest BCUT2D eigenvalue weighted by Gasteiger charge is 2.42. The molecule has 184 valence electrons. The maximum Gasteiger partial charge on any atom is 0.229 e. The van der Waals surface area contributed by atoms with E-state index in [4.69, 9.17) is 21.4 Å². The molecular formula is C26H24N4O4S2. The minimum absolute atomic E-state index is 0.284. The molecule has 2 atom stereocenters. The number of pyridine rings is 1. The largest absolute Gasteiger partial charge is 0.494 e. The standard InChI is InChI=1S/C26H24N4O4S2/c1-33-23-16-18(11-12-19(23)29-36(2,31)32)30-25(24(28-26(30)35)20-10-6-7-15-27-20)22-14-13-21(34-22)17-8-4-3-5-9-17/h3-16,24-25,29H,1-2H3,(H,28,35)/t24-,25-/m0/s1. The van der Waals surface area contributed by atoms with Crippen molar-refractivity contribution in [3.63, 3.8) is 0 Å². The van der Waals surface area contributed by atoms with Crippen LogP contribution in [0.4, 0.5) is 11.4 Å². The van der Waals surface area contributed by atoms with Gasteiger partial charge in [-0.1, -0.05) is 36.4 Å². The molecule has 3 heterocycles. The van der Waals surface area contributed by atoms with E-state index < -0.39 is 10.0 Å². The Morgan fingerprint density at radius 3 is 2.53 bits per heavy atom. The van der Waals surface area contributed by atoms with Gasteiger partial charge in [0, 0.05) is 23.5 Å². The Balaban J connectivity index is 1.59. The van der Waals surface area contributed by atoms with Crippen molar-refractivity contribution in [3.8, 4) is 17.1 Å². The lowest BCUT2D eigenvalue weighted by Gasteiger charge is -2.26. The lowest BCUT2D eigenvalue weighted by atomic mass is 10.0. The molecule has 0 spiro atoms. The summed E-state index contributed by atoms with van der Waals surface area (Å²) in [5.41, 5.74) is 2.83. The van der Waals surface area contributed by atoms with Gasteiger partial charge in [0.1, 0.15) is 23.3 Å². The molecule has 36 heavy (non-hydrogen) atoms. The van der Waals surface area contributed by atoms with E-state index in [1.165, 1.54) is 7.11 Å². The first-order valence-electron chi connectivity index (χ1n) is 11.2. The van der Waals surface area contributed by atoms with Gasteiger partial charge in [0.2, 0.25) is 10.0 Å². The quantitative estimate of drug-likeness (QED) is 0.332. The molecule has 1 saturated heterocycles. The average molecular weight is 521 g/mol. The smallest absolute Gasteiger partial charge is 0.229 e. The van der Waals surface area contributed by atoms with Gasteiger partial charge in [-0.3, -0.25) is 9.71 Å². The number of hydrogen-bond donors (Lipinski definition) is 2. The number of methoxy groups -OCH3 is 1.